The second-order valence-electron chi connectivity index (χ2n) is 16.7. The lowest BCUT2D eigenvalue weighted by atomic mass is 10.0. The highest BCUT2D eigenvalue weighted by Gasteiger charge is 2.34. The second kappa shape index (κ2) is 33.3. The Labute approximate surface area is 434 Å². The number of carbonyl (C=O) groups is 8. The number of aliphatic carboxylic acids is 1. The van der Waals surface area contributed by atoms with E-state index in [0.717, 1.165) is 0 Å². The maximum atomic E-state index is 14.4. The molecular formula is C45H71N17O9S2. The van der Waals surface area contributed by atoms with Crippen molar-refractivity contribution in [3.63, 3.8) is 0 Å². The highest BCUT2D eigenvalue weighted by molar-refractivity contribution is 7.80. The third-order valence-corrected chi connectivity index (χ3v) is 11.5. The van der Waals surface area contributed by atoms with E-state index < -0.39 is 95.7 Å². The molecule has 0 fully saturated rings. The lowest BCUT2D eigenvalue weighted by Gasteiger charge is -2.28. The number of hydrogen-bond acceptors (Lipinski definition) is 14. The van der Waals surface area contributed by atoms with Gasteiger partial charge < -0.3 is 81.2 Å². The molecular weight excluding hydrogens is 987 g/mol. The fraction of sp³-hybridized carbons (Fsp3) is 0.489. The molecule has 73 heavy (non-hydrogen) atoms. The zero-order chi connectivity index (χ0) is 54.5. The normalized spacial score (nSPS) is 14.0. The van der Waals surface area contributed by atoms with Gasteiger partial charge in [-0.25, -0.2) is 4.79 Å². The Morgan fingerprint density at radius 2 is 0.808 bits per heavy atom. The summed E-state index contributed by atoms with van der Waals surface area (Å²) in [5.74, 6) is -8.35. The highest BCUT2D eigenvalue weighted by atomic mass is 32.1. The van der Waals surface area contributed by atoms with Gasteiger partial charge in [0.05, 0.1) is 6.04 Å². The molecule has 28 heteroatoms. The van der Waals surface area contributed by atoms with Gasteiger partial charge in [-0.05, 0) is 56.6 Å². The minimum absolute atomic E-state index is 0.0671. The summed E-state index contributed by atoms with van der Waals surface area (Å²) in [4.78, 5) is 108. The van der Waals surface area contributed by atoms with Crippen LogP contribution in [0.4, 0.5) is 0 Å². The monoisotopic (exact) mass is 1060 g/mol. The van der Waals surface area contributed by atoms with E-state index in [1.54, 1.807) is 60.7 Å². The third-order valence-electron chi connectivity index (χ3n) is 10.8. The summed E-state index contributed by atoms with van der Waals surface area (Å²) in [5, 5.41) is 57.8. The third kappa shape index (κ3) is 24.6. The van der Waals surface area contributed by atoms with E-state index in [9.17, 15) is 43.5 Å². The van der Waals surface area contributed by atoms with E-state index in [-0.39, 0.29) is 87.4 Å². The predicted octanol–water partition coefficient (Wildman–Crippen LogP) is -4.05. The Kier molecular flexibility index (Phi) is 28.2. The Morgan fingerprint density at radius 3 is 1.19 bits per heavy atom. The smallest absolute Gasteiger partial charge is 0.327 e. The quantitative estimate of drug-likeness (QED) is 0.0140. The Morgan fingerprint density at radius 1 is 0.479 bits per heavy atom. The summed E-state index contributed by atoms with van der Waals surface area (Å²) in [7, 11) is 0. The van der Waals surface area contributed by atoms with Gasteiger partial charge in [0.25, 0.3) is 0 Å². The first-order valence-corrected chi connectivity index (χ1v) is 24.6. The topological polar surface area (TPSA) is 453 Å². The molecule has 0 unspecified atom stereocenters. The van der Waals surface area contributed by atoms with Gasteiger partial charge in [0, 0.05) is 44.0 Å². The van der Waals surface area contributed by atoms with E-state index in [1.165, 1.54) is 6.92 Å². The summed E-state index contributed by atoms with van der Waals surface area (Å²) >= 11 is 8.20. The molecule has 0 radical (unpaired) electrons. The van der Waals surface area contributed by atoms with E-state index in [0.29, 0.717) is 24.1 Å². The maximum Gasteiger partial charge on any atom is 0.327 e. The van der Waals surface area contributed by atoms with Crippen LogP contribution in [-0.4, -0.2) is 150 Å². The number of carboxylic acid groups (broad SMARTS) is 1. The number of carbonyl (C=O) groups excluding carboxylic acids is 7. The lowest BCUT2D eigenvalue weighted by molar-refractivity contribution is -0.141. The molecule has 0 heterocycles. The number of nitrogens with one attached hydrogen (secondary N) is 13. The van der Waals surface area contributed by atoms with Gasteiger partial charge in [0.1, 0.15) is 42.3 Å². The average Bonchev–Trinajstić information content (AvgIpc) is 3.34. The van der Waals surface area contributed by atoms with Crippen LogP contribution in [0.5, 0.6) is 0 Å². The number of thiol groups is 2. The number of nitrogens with two attached hydrogens (primary N) is 4. The minimum Gasteiger partial charge on any atom is -0.480 e. The van der Waals surface area contributed by atoms with Crippen LogP contribution < -0.4 is 76.1 Å². The van der Waals surface area contributed by atoms with Crippen molar-refractivity contribution in [1.29, 1.82) is 16.2 Å². The molecule has 8 atom stereocenters. The number of guanidine groups is 3. The molecule has 2 rings (SSSR count). The number of hydrogen-bond donors (Lipinski definition) is 20. The summed E-state index contributed by atoms with van der Waals surface area (Å²) in [6.45, 7) is 1.85. The van der Waals surface area contributed by atoms with Crippen LogP contribution in [0.2, 0.25) is 0 Å². The Balaban J connectivity index is 2.42. The second-order valence-corrected chi connectivity index (χ2v) is 17.5. The van der Waals surface area contributed by atoms with Crippen LogP contribution in [0, 0.1) is 16.2 Å². The van der Waals surface area contributed by atoms with Gasteiger partial charge in [-0.1, -0.05) is 60.7 Å². The van der Waals surface area contributed by atoms with Gasteiger partial charge in [-0.3, -0.25) is 49.8 Å². The molecule has 0 aliphatic carbocycles. The van der Waals surface area contributed by atoms with E-state index >= 15 is 0 Å². The first-order chi connectivity index (χ1) is 34.6. The van der Waals surface area contributed by atoms with Crippen LogP contribution in [0.15, 0.2) is 60.7 Å². The first kappa shape index (κ1) is 61.8. The van der Waals surface area contributed by atoms with Crippen LogP contribution in [0.3, 0.4) is 0 Å². The molecule has 2 aromatic rings. The first-order valence-electron chi connectivity index (χ1n) is 23.3. The number of carboxylic acids is 1. The highest BCUT2D eigenvalue weighted by Crippen LogP contribution is 2.10. The number of benzene rings is 2. The largest absolute Gasteiger partial charge is 0.480 e. The Bertz CT molecular complexity index is 2180. The molecule has 0 spiro atoms. The SMILES string of the molecule is C[C@@H](NC(=O)[C@H](CS)NC(=O)[C@@H](N)CCCNC(=N)N)C(=O)N[C@@H](CCCNC(=N)N)C(=O)N[C@H](Cc1ccccc1)C(=O)N[C@@H](CCCNC(=N)N)C(=O)N[C@H](Cc1ccccc1)C(=O)N[C@@H](CS)C(=O)O. The molecule has 0 bridgehead atoms. The van der Waals surface area contributed by atoms with Crippen LogP contribution >= 0.6 is 25.3 Å². The molecule has 0 aromatic heterocycles. The predicted molar refractivity (Wildman–Crippen MR) is 280 cm³/mol. The molecule has 7 amide bonds. The zero-order valence-corrected chi connectivity index (χ0v) is 42.3. The standard InChI is InChI=1S/C45H71N17O9S2/c1-25(56-41(69)33(23-72)61-36(64)28(46)15-8-18-53-43(47)48)35(63)57-29(16-9-19-54-44(49)50)37(65)59-31(21-26-11-4-2-5-12-26)39(67)58-30(17-10-20-55-45(51)52)38(66)60-32(22-27-13-6-3-7-14-27)40(68)62-34(24-73)42(70)71/h2-7,11-14,25,28-34,72-73H,8-10,15-24,46H2,1H3,(H,56,69)(H,57,63)(H,58,67)(H,59,65)(H,60,66)(H,61,64)(H,62,68)(H,70,71)(H4,47,48,53)(H4,49,50,54)(H4,51,52,55)/t25-,28+,29+,30+,31-,32-,33+,34+/m1/s1. The van der Waals surface area contributed by atoms with Crippen molar-refractivity contribution in [3.8, 4) is 0 Å². The fourth-order valence-electron chi connectivity index (χ4n) is 6.81. The van der Waals surface area contributed by atoms with Gasteiger partial charge in [-0.15, -0.1) is 0 Å². The van der Waals surface area contributed by atoms with E-state index in [4.69, 9.17) is 39.2 Å². The van der Waals surface area contributed by atoms with Crippen molar-refractivity contribution in [1.82, 2.24) is 53.2 Å². The number of amides is 7. The van der Waals surface area contributed by atoms with E-state index in [1.807, 2.05) is 0 Å². The summed E-state index contributed by atoms with van der Waals surface area (Å²) < 4.78 is 0. The van der Waals surface area contributed by atoms with Gasteiger partial charge in [0.2, 0.25) is 41.4 Å². The molecule has 22 N–H and O–H groups in total. The molecule has 0 aliphatic heterocycles. The lowest BCUT2D eigenvalue weighted by Crippen LogP contribution is -2.60. The summed E-state index contributed by atoms with van der Waals surface area (Å²) in [6, 6.07) is 6.76. The maximum absolute atomic E-state index is 14.4. The van der Waals surface area contributed by atoms with Gasteiger partial charge >= 0.3 is 5.97 Å². The van der Waals surface area contributed by atoms with Crippen LogP contribution in [-0.2, 0) is 51.2 Å². The molecule has 0 saturated carbocycles. The molecule has 26 nitrogen and oxygen atoms in total. The van der Waals surface area contributed by atoms with Crippen molar-refractivity contribution in [2.24, 2.45) is 22.9 Å². The fourth-order valence-corrected chi connectivity index (χ4v) is 7.32. The minimum atomic E-state index is -1.40. The van der Waals surface area contributed by atoms with Gasteiger partial charge in [-0.2, -0.15) is 25.3 Å². The summed E-state index contributed by atoms with van der Waals surface area (Å²) in [5.41, 5.74) is 23.4. The van der Waals surface area contributed by atoms with Crippen molar-refractivity contribution in [2.75, 3.05) is 31.1 Å². The van der Waals surface area contributed by atoms with Crippen LogP contribution in [0.1, 0.15) is 56.6 Å². The summed E-state index contributed by atoms with van der Waals surface area (Å²) in [6.07, 6.45) is 0.596. The molecule has 0 saturated heterocycles. The van der Waals surface area contributed by atoms with Crippen molar-refractivity contribution < 1.29 is 43.5 Å². The molecule has 402 valence electrons. The Hall–Kier alpha value is -7.33. The van der Waals surface area contributed by atoms with Gasteiger partial charge in [0.15, 0.2) is 17.9 Å². The van der Waals surface area contributed by atoms with Crippen molar-refractivity contribution in [2.45, 2.75) is 107 Å². The number of rotatable bonds is 33. The van der Waals surface area contributed by atoms with Crippen LogP contribution in [0.25, 0.3) is 0 Å². The molecule has 0 aliphatic rings. The van der Waals surface area contributed by atoms with Crippen molar-refractivity contribution in [3.05, 3.63) is 71.8 Å². The molecule has 2 aromatic carbocycles. The zero-order valence-electron chi connectivity index (χ0n) is 40.5. The van der Waals surface area contributed by atoms with Crippen molar-refractivity contribution >= 4 is 90.5 Å². The average molecular weight is 1060 g/mol. The van der Waals surface area contributed by atoms with E-state index in [2.05, 4.69) is 78.4 Å².